The predicted octanol–water partition coefficient (Wildman–Crippen LogP) is 21.9. The highest BCUT2D eigenvalue weighted by atomic mass is 16.6. The number of rotatable bonds is 58. The molecule has 432 valence electrons. The molecule has 0 saturated heterocycles. The minimum Gasteiger partial charge on any atom is -0.462 e. The predicted molar refractivity (Wildman–Crippen MR) is 325 cm³/mol. The van der Waals surface area contributed by atoms with Crippen LogP contribution in [0.15, 0.2) is 85.1 Å². The van der Waals surface area contributed by atoms with Gasteiger partial charge in [0.1, 0.15) is 13.2 Å². The standard InChI is InChI=1S/C69H120O6/c1-4-7-10-13-16-19-22-25-28-30-31-32-33-34-35-36-37-38-39-40-42-44-47-50-53-56-59-62-68(71)74-65-66(64-73-67(70)61-58-55-52-49-46-43-27-24-21-18-15-12-9-6-3)75-69(72)63-60-57-54-51-48-45-41-29-26-23-20-17-14-11-8-5-2/h7,10,16,19,24-25,27-28,31-32,34-35,37-38,66H,4-6,8-9,11-15,17-18,20-23,26,29-30,33,36,39-65H2,1-3H3/b10-7-,19-16-,27-24-,28-25-,32-31-,35-34-,38-37-. The summed E-state index contributed by atoms with van der Waals surface area (Å²) in [6.07, 6.45) is 83.0. The van der Waals surface area contributed by atoms with Gasteiger partial charge in [-0.15, -0.1) is 0 Å². The summed E-state index contributed by atoms with van der Waals surface area (Å²) in [7, 11) is 0. The molecule has 1 atom stereocenters. The average molecular weight is 1050 g/mol. The second-order valence-electron chi connectivity index (χ2n) is 21.3. The SMILES string of the molecule is CC/C=C\C/C=C\C/C=C\C/C=C\C/C=C\C/C=C\CCCCCCCCCCC(=O)OCC(COC(=O)CCCCCCC/C=C\CCCCCCC)OC(=O)CCCCCCCCCCCCCCCCCC. The third-order valence-electron chi connectivity index (χ3n) is 13.9. The van der Waals surface area contributed by atoms with Crippen LogP contribution in [0.1, 0.15) is 316 Å². The zero-order valence-corrected chi connectivity index (χ0v) is 49.6. The normalized spacial score (nSPS) is 12.6. The molecule has 0 bridgehead atoms. The fraction of sp³-hybridized carbons (Fsp3) is 0.754. The van der Waals surface area contributed by atoms with Gasteiger partial charge in [-0.3, -0.25) is 14.4 Å². The van der Waals surface area contributed by atoms with Crippen molar-refractivity contribution in [3.63, 3.8) is 0 Å². The van der Waals surface area contributed by atoms with Crippen LogP contribution in [0.4, 0.5) is 0 Å². The summed E-state index contributed by atoms with van der Waals surface area (Å²) in [5.74, 6) is -0.882. The minimum atomic E-state index is -0.782. The molecule has 0 radical (unpaired) electrons. The molecular formula is C69H120O6. The van der Waals surface area contributed by atoms with E-state index in [1.54, 1.807) is 0 Å². The largest absolute Gasteiger partial charge is 0.462 e. The first-order valence-electron chi connectivity index (χ1n) is 32.1. The molecule has 0 heterocycles. The summed E-state index contributed by atoms with van der Waals surface area (Å²) in [5.41, 5.74) is 0. The Balaban J connectivity index is 4.32. The Morgan fingerprint density at radius 2 is 0.520 bits per heavy atom. The highest BCUT2D eigenvalue weighted by molar-refractivity contribution is 5.71. The van der Waals surface area contributed by atoms with Crippen molar-refractivity contribution in [1.29, 1.82) is 0 Å². The highest BCUT2D eigenvalue weighted by Gasteiger charge is 2.19. The molecule has 0 amide bonds. The zero-order valence-electron chi connectivity index (χ0n) is 49.6. The second-order valence-corrected chi connectivity index (χ2v) is 21.3. The van der Waals surface area contributed by atoms with E-state index in [0.717, 1.165) is 109 Å². The van der Waals surface area contributed by atoms with Crippen molar-refractivity contribution in [2.75, 3.05) is 13.2 Å². The van der Waals surface area contributed by atoms with Gasteiger partial charge in [0, 0.05) is 19.3 Å². The Kier molecular flexibility index (Phi) is 60.3. The van der Waals surface area contributed by atoms with Gasteiger partial charge < -0.3 is 14.2 Å². The van der Waals surface area contributed by atoms with Crippen molar-refractivity contribution in [3.8, 4) is 0 Å². The number of hydrogen-bond donors (Lipinski definition) is 0. The molecule has 0 aliphatic heterocycles. The fourth-order valence-electron chi connectivity index (χ4n) is 9.09. The smallest absolute Gasteiger partial charge is 0.306 e. The molecule has 6 heteroatoms. The van der Waals surface area contributed by atoms with E-state index in [2.05, 4.69) is 106 Å². The number of esters is 3. The monoisotopic (exact) mass is 1040 g/mol. The van der Waals surface area contributed by atoms with Gasteiger partial charge in [-0.25, -0.2) is 0 Å². The van der Waals surface area contributed by atoms with Crippen LogP contribution in [0.25, 0.3) is 0 Å². The lowest BCUT2D eigenvalue weighted by molar-refractivity contribution is -0.167. The van der Waals surface area contributed by atoms with E-state index >= 15 is 0 Å². The van der Waals surface area contributed by atoms with Gasteiger partial charge in [0.05, 0.1) is 0 Å². The molecule has 0 aromatic heterocycles. The molecule has 6 nitrogen and oxygen atoms in total. The average Bonchev–Trinajstić information content (AvgIpc) is 3.41. The maximum Gasteiger partial charge on any atom is 0.306 e. The lowest BCUT2D eigenvalue weighted by Crippen LogP contribution is -2.30. The van der Waals surface area contributed by atoms with Crippen LogP contribution in [0.5, 0.6) is 0 Å². The zero-order chi connectivity index (χ0) is 54.3. The fourth-order valence-corrected chi connectivity index (χ4v) is 9.09. The van der Waals surface area contributed by atoms with Gasteiger partial charge in [0.2, 0.25) is 0 Å². The van der Waals surface area contributed by atoms with Crippen molar-refractivity contribution in [2.45, 2.75) is 322 Å². The third kappa shape index (κ3) is 61.3. The molecule has 0 fully saturated rings. The van der Waals surface area contributed by atoms with Gasteiger partial charge in [-0.2, -0.15) is 0 Å². The summed E-state index contributed by atoms with van der Waals surface area (Å²) < 4.78 is 16.9. The van der Waals surface area contributed by atoms with Gasteiger partial charge >= 0.3 is 17.9 Å². The molecule has 0 aromatic carbocycles. The van der Waals surface area contributed by atoms with Crippen molar-refractivity contribution in [3.05, 3.63) is 85.1 Å². The van der Waals surface area contributed by atoms with E-state index < -0.39 is 6.10 Å². The van der Waals surface area contributed by atoms with Crippen LogP contribution in [0.2, 0.25) is 0 Å². The van der Waals surface area contributed by atoms with Crippen molar-refractivity contribution >= 4 is 17.9 Å². The van der Waals surface area contributed by atoms with Gasteiger partial charge in [-0.05, 0) is 96.3 Å². The van der Waals surface area contributed by atoms with E-state index in [9.17, 15) is 14.4 Å². The summed E-state index contributed by atoms with van der Waals surface area (Å²) >= 11 is 0. The summed E-state index contributed by atoms with van der Waals surface area (Å²) in [6, 6.07) is 0. The molecule has 0 saturated carbocycles. The van der Waals surface area contributed by atoms with Crippen LogP contribution >= 0.6 is 0 Å². The summed E-state index contributed by atoms with van der Waals surface area (Å²) in [5, 5.41) is 0. The van der Waals surface area contributed by atoms with E-state index in [4.69, 9.17) is 14.2 Å². The van der Waals surface area contributed by atoms with E-state index in [0.29, 0.717) is 19.3 Å². The lowest BCUT2D eigenvalue weighted by atomic mass is 10.0. The Bertz CT molecular complexity index is 1430. The number of ether oxygens (including phenoxy) is 3. The molecule has 0 aliphatic rings. The molecule has 0 N–H and O–H groups in total. The van der Waals surface area contributed by atoms with Crippen LogP contribution in [0, 0.1) is 0 Å². The van der Waals surface area contributed by atoms with Crippen LogP contribution < -0.4 is 0 Å². The maximum absolute atomic E-state index is 12.9. The first-order valence-corrected chi connectivity index (χ1v) is 32.1. The first kappa shape index (κ1) is 71.6. The number of carbonyl (C=O) groups excluding carboxylic acids is 3. The minimum absolute atomic E-state index is 0.0802. The number of unbranched alkanes of at least 4 members (excludes halogenated alkanes) is 33. The first-order chi connectivity index (χ1) is 37.0. The van der Waals surface area contributed by atoms with Crippen molar-refractivity contribution in [1.82, 2.24) is 0 Å². The quantitative estimate of drug-likeness (QED) is 0.0261. The van der Waals surface area contributed by atoms with E-state index in [1.807, 2.05) is 0 Å². The van der Waals surface area contributed by atoms with E-state index in [-0.39, 0.29) is 31.1 Å². The Hall–Kier alpha value is -3.41. The number of allylic oxidation sites excluding steroid dienone is 14. The Morgan fingerprint density at radius 1 is 0.280 bits per heavy atom. The molecule has 0 spiro atoms. The third-order valence-corrected chi connectivity index (χ3v) is 13.9. The number of hydrogen-bond acceptors (Lipinski definition) is 6. The van der Waals surface area contributed by atoms with Crippen LogP contribution in [-0.2, 0) is 28.6 Å². The second kappa shape index (κ2) is 63.1. The molecular weight excluding hydrogens is 925 g/mol. The maximum atomic E-state index is 12.9. The highest BCUT2D eigenvalue weighted by Crippen LogP contribution is 2.16. The van der Waals surface area contributed by atoms with Gasteiger partial charge in [0.25, 0.3) is 0 Å². The molecule has 75 heavy (non-hydrogen) atoms. The summed E-state index contributed by atoms with van der Waals surface area (Å²) in [4.78, 5) is 38.3. The topological polar surface area (TPSA) is 78.9 Å². The van der Waals surface area contributed by atoms with Crippen molar-refractivity contribution in [2.24, 2.45) is 0 Å². The van der Waals surface area contributed by atoms with Gasteiger partial charge in [-0.1, -0.05) is 286 Å². The number of carbonyl (C=O) groups is 3. The van der Waals surface area contributed by atoms with E-state index in [1.165, 1.54) is 167 Å². The van der Waals surface area contributed by atoms with Crippen LogP contribution in [0.3, 0.4) is 0 Å². The summed E-state index contributed by atoms with van der Waals surface area (Å²) in [6.45, 7) is 6.54. The molecule has 0 aromatic rings. The van der Waals surface area contributed by atoms with Crippen molar-refractivity contribution < 1.29 is 28.6 Å². The van der Waals surface area contributed by atoms with Gasteiger partial charge in [0.15, 0.2) is 6.10 Å². The Labute approximate surface area is 465 Å². The molecule has 1 unspecified atom stereocenters. The van der Waals surface area contributed by atoms with Crippen LogP contribution in [-0.4, -0.2) is 37.2 Å². The molecule has 0 rings (SSSR count). The molecule has 0 aliphatic carbocycles. The lowest BCUT2D eigenvalue weighted by Gasteiger charge is -2.18. The Morgan fingerprint density at radius 3 is 0.827 bits per heavy atom.